The van der Waals surface area contributed by atoms with Gasteiger partial charge in [0.2, 0.25) is 5.91 Å². The van der Waals surface area contributed by atoms with Crippen LogP contribution in [-0.4, -0.2) is 36.5 Å². The molecule has 1 amide bonds. The second kappa shape index (κ2) is 5.84. The highest BCUT2D eigenvalue weighted by Crippen LogP contribution is 2.10. The second-order valence-corrected chi connectivity index (χ2v) is 4.48. The molecule has 0 radical (unpaired) electrons. The lowest BCUT2D eigenvalue weighted by Crippen LogP contribution is -2.45. The van der Waals surface area contributed by atoms with Crippen LogP contribution < -0.4 is 11.1 Å². The highest BCUT2D eigenvalue weighted by Gasteiger charge is 2.19. The molecule has 0 bridgehead atoms. The number of nitrogens with one attached hydrogen (secondary N) is 1. The van der Waals surface area contributed by atoms with Crippen molar-refractivity contribution in [2.45, 2.75) is 25.4 Å². The van der Waals surface area contributed by atoms with Crippen LogP contribution in [0.3, 0.4) is 0 Å². The van der Waals surface area contributed by atoms with E-state index in [-0.39, 0.29) is 5.91 Å². The minimum absolute atomic E-state index is 0.244. The van der Waals surface area contributed by atoms with Gasteiger partial charge in [-0.15, -0.1) is 0 Å². The molecule has 1 aliphatic heterocycles. The summed E-state index contributed by atoms with van der Waals surface area (Å²) in [7, 11) is 0. The van der Waals surface area contributed by atoms with Crippen molar-refractivity contribution in [2.75, 3.05) is 19.6 Å². The molecule has 2 heterocycles. The van der Waals surface area contributed by atoms with Crippen LogP contribution in [-0.2, 0) is 11.3 Å². The fraction of sp³-hybridized carbons (Fsp3) is 0.583. The SMILES string of the molecule is NC(=O)CN1CCC(NCc2ccco2)CC1. The Kier molecular flexibility index (Phi) is 4.17. The molecule has 5 nitrogen and oxygen atoms in total. The maximum Gasteiger partial charge on any atom is 0.231 e. The van der Waals surface area contributed by atoms with Gasteiger partial charge < -0.3 is 15.5 Å². The van der Waals surface area contributed by atoms with Crippen molar-refractivity contribution in [1.29, 1.82) is 0 Å². The van der Waals surface area contributed by atoms with Gasteiger partial charge in [0.25, 0.3) is 0 Å². The van der Waals surface area contributed by atoms with Crippen molar-refractivity contribution in [1.82, 2.24) is 10.2 Å². The Balaban J connectivity index is 1.67. The number of hydrogen-bond donors (Lipinski definition) is 2. The topological polar surface area (TPSA) is 71.5 Å². The molecule has 1 aromatic heterocycles. The van der Waals surface area contributed by atoms with Gasteiger partial charge in [-0.3, -0.25) is 9.69 Å². The number of rotatable bonds is 5. The van der Waals surface area contributed by atoms with Crippen molar-refractivity contribution < 1.29 is 9.21 Å². The van der Waals surface area contributed by atoms with Crippen LogP contribution in [0.5, 0.6) is 0 Å². The van der Waals surface area contributed by atoms with Gasteiger partial charge in [0, 0.05) is 19.1 Å². The molecule has 17 heavy (non-hydrogen) atoms. The lowest BCUT2D eigenvalue weighted by atomic mass is 10.1. The number of hydrogen-bond acceptors (Lipinski definition) is 4. The lowest BCUT2D eigenvalue weighted by molar-refractivity contribution is -0.119. The van der Waals surface area contributed by atoms with Gasteiger partial charge in [0.15, 0.2) is 0 Å². The van der Waals surface area contributed by atoms with E-state index in [0.29, 0.717) is 12.6 Å². The van der Waals surface area contributed by atoms with Crippen LogP contribution in [0.4, 0.5) is 0 Å². The average Bonchev–Trinajstić information content (AvgIpc) is 2.80. The first kappa shape index (κ1) is 12.1. The summed E-state index contributed by atoms with van der Waals surface area (Å²) >= 11 is 0. The van der Waals surface area contributed by atoms with Crippen molar-refractivity contribution in [2.24, 2.45) is 5.73 Å². The van der Waals surface area contributed by atoms with E-state index in [0.717, 1.165) is 38.2 Å². The third-order valence-electron chi connectivity index (χ3n) is 3.11. The zero-order valence-corrected chi connectivity index (χ0v) is 9.89. The summed E-state index contributed by atoms with van der Waals surface area (Å²) in [6.45, 7) is 3.01. The Morgan fingerprint density at radius 3 is 2.88 bits per heavy atom. The van der Waals surface area contributed by atoms with Crippen LogP contribution >= 0.6 is 0 Å². The van der Waals surface area contributed by atoms with E-state index in [1.54, 1.807) is 6.26 Å². The molecule has 0 aliphatic carbocycles. The number of likely N-dealkylation sites (tertiary alicyclic amines) is 1. The van der Waals surface area contributed by atoms with E-state index in [2.05, 4.69) is 10.2 Å². The molecule has 1 aliphatic rings. The molecular formula is C12H19N3O2. The number of carbonyl (C=O) groups excluding carboxylic acids is 1. The van der Waals surface area contributed by atoms with E-state index >= 15 is 0 Å². The zero-order chi connectivity index (χ0) is 12.1. The third kappa shape index (κ3) is 3.87. The van der Waals surface area contributed by atoms with Crippen molar-refractivity contribution in [3.63, 3.8) is 0 Å². The highest BCUT2D eigenvalue weighted by atomic mass is 16.3. The average molecular weight is 237 g/mol. The van der Waals surface area contributed by atoms with Crippen molar-refractivity contribution in [3.8, 4) is 0 Å². The fourth-order valence-corrected chi connectivity index (χ4v) is 2.17. The Hall–Kier alpha value is -1.33. The number of furan rings is 1. The van der Waals surface area contributed by atoms with Crippen molar-refractivity contribution in [3.05, 3.63) is 24.2 Å². The molecule has 0 unspecified atom stereocenters. The van der Waals surface area contributed by atoms with Gasteiger partial charge in [0.05, 0.1) is 19.4 Å². The summed E-state index contributed by atoms with van der Waals surface area (Å²) in [6, 6.07) is 4.37. The van der Waals surface area contributed by atoms with Gasteiger partial charge in [-0.1, -0.05) is 0 Å². The van der Waals surface area contributed by atoms with Crippen LogP contribution in [0.2, 0.25) is 0 Å². The van der Waals surface area contributed by atoms with E-state index in [1.165, 1.54) is 0 Å². The summed E-state index contributed by atoms with van der Waals surface area (Å²) in [5.41, 5.74) is 5.17. The number of primary amides is 1. The zero-order valence-electron chi connectivity index (χ0n) is 9.89. The number of nitrogens with zero attached hydrogens (tertiary/aromatic N) is 1. The van der Waals surface area contributed by atoms with E-state index in [9.17, 15) is 4.79 Å². The number of carbonyl (C=O) groups is 1. The van der Waals surface area contributed by atoms with Crippen LogP contribution in [0.1, 0.15) is 18.6 Å². The smallest absolute Gasteiger partial charge is 0.231 e. The van der Waals surface area contributed by atoms with Gasteiger partial charge in [-0.05, 0) is 25.0 Å². The van der Waals surface area contributed by atoms with Gasteiger partial charge in [-0.25, -0.2) is 0 Å². The Labute approximate surface area is 101 Å². The summed E-state index contributed by atoms with van der Waals surface area (Å²) in [5.74, 6) is 0.719. The standard InChI is InChI=1S/C12H19N3O2/c13-12(16)9-15-5-3-10(4-6-15)14-8-11-2-1-7-17-11/h1-2,7,10,14H,3-6,8-9H2,(H2,13,16). The highest BCUT2D eigenvalue weighted by molar-refractivity contribution is 5.75. The maximum atomic E-state index is 10.8. The summed E-state index contributed by atoms with van der Waals surface area (Å²) < 4.78 is 5.26. The predicted octanol–water partition coefficient (Wildman–Crippen LogP) is 0.319. The Morgan fingerprint density at radius 1 is 1.53 bits per heavy atom. The minimum atomic E-state index is -0.244. The van der Waals surface area contributed by atoms with Gasteiger partial charge >= 0.3 is 0 Å². The number of amides is 1. The summed E-state index contributed by atoms with van der Waals surface area (Å²) in [6.07, 6.45) is 3.79. The van der Waals surface area contributed by atoms with Gasteiger partial charge in [-0.2, -0.15) is 0 Å². The molecule has 0 atom stereocenters. The lowest BCUT2D eigenvalue weighted by Gasteiger charge is -2.31. The van der Waals surface area contributed by atoms with Gasteiger partial charge in [0.1, 0.15) is 5.76 Å². The monoisotopic (exact) mass is 237 g/mol. The van der Waals surface area contributed by atoms with E-state index in [1.807, 2.05) is 12.1 Å². The molecule has 1 saturated heterocycles. The molecule has 5 heteroatoms. The Bertz CT molecular complexity index is 343. The fourth-order valence-electron chi connectivity index (χ4n) is 2.17. The Morgan fingerprint density at radius 2 is 2.29 bits per heavy atom. The molecule has 94 valence electrons. The minimum Gasteiger partial charge on any atom is -0.468 e. The first-order valence-electron chi connectivity index (χ1n) is 6.00. The first-order chi connectivity index (χ1) is 8.24. The summed E-state index contributed by atoms with van der Waals surface area (Å²) in [5, 5.41) is 3.46. The number of nitrogens with two attached hydrogens (primary N) is 1. The van der Waals surface area contributed by atoms with Crippen LogP contribution in [0.25, 0.3) is 0 Å². The first-order valence-corrected chi connectivity index (χ1v) is 6.00. The second-order valence-electron chi connectivity index (χ2n) is 4.48. The van der Waals surface area contributed by atoms with Crippen molar-refractivity contribution >= 4 is 5.91 Å². The van der Waals surface area contributed by atoms with Crippen LogP contribution in [0, 0.1) is 0 Å². The molecular weight excluding hydrogens is 218 g/mol. The molecule has 0 spiro atoms. The third-order valence-corrected chi connectivity index (χ3v) is 3.11. The molecule has 1 aromatic rings. The molecule has 3 N–H and O–H groups in total. The predicted molar refractivity (Wildman–Crippen MR) is 64.2 cm³/mol. The largest absolute Gasteiger partial charge is 0.468 e. The molecule has 0 aromatic carbocycles. The summed E-state index contributed by atoms with van der Waals surface area (Å²) in [4.78, 5) is 12.9. The maximum absolute atomic E-state index is 10.8. The molecule has 2 rings (SSSR count). The number of piperidine rings is 1. The normalized spacial score (nSPS) is 18.4. The quantitative estimate of drug-likeness (QED) is 0.773. The molecule has 1 fully saturated rings. The molecule has 0 saturated carbocycles. The van der Waals surface area contributed by atoms with Crippen LogP contribution in [0.15, 0.2) is 22.8 Å². The van der Waals surface area contributed by atoms with E-state index < -0.39 is 0 Å². The van der Waals surface area contributed by atoms with E-state index in [4.69, 9.17) is 10.2 Å².